The maximum absolute atomic E-state index is 10.3. The van der Waals surface area contributed by atoms with Crippen LogP contribution in [0, 0.1) is 11.3 Å². The minimum absolute atomic E-state index is 0.0150. The van der Waals surface area contributed by atoms with Crippen LogP contribution in [0.1, 0.15) is 5.56 Å². The predicted octanol–water partition coefficient (Wildman–Crippen LogP) is -0.996. The van der Waals surface area contributed by atoms with Gasteiger partial charge in [-0.2, -0.15) is 10.4 Å². The topological polar surface area (TPSA) is 131 Å². The number of carboxylic acid groups (broad SMARTS) is 1. The molecule has 7 nitrogen and oxygen atoms in total. The zero-order valence-corrected chi connectivity index (χ0v) is 6.56. The summed E-state index contributed by atoms with van der Waals surface area (Å²) in [5.41, 5.74) is 10.7. The minimum atomic E-state index is -1.10. The van der Waals surface area contributed by atoms with Gasteiger partial charge in [0, 0.05) is 0 Å². The van der Waals surface area contributed by atoms with Crippen molar-refractivity contribution >= 4 is 17.6 Å². The van der Waals surface area contributed by atoms with Gasteiger partial charge in [0.05, 0.1) is 0 Å². The van der Waals surface area contributed by atoms with E-state index < -0.39 is 12.5 Å². The molecule has 0 fully saturated rings. The van der Waals surface area contributed by atoms with Crippen LogP contribution in [0.15, 0.2) is 0 Å². The number of nitrogens with two attached hydrogens (primary N) is 2. The van der Waals surface area contributed by atoms with Gasteiger partial charge in [0.1, 0.15) is 24.0 Å². The molecule has 0 bridgehead atoms. The van der Waals surface area contributed by atoms with Crippen molar-refractivity contribution in [3.8, 4) is 6.07 Å². The van der Waals surface area contributed by atoms with Crippen LogP contribution < -0.4 is 11.5 Å². The number of nitrogen functional groups attached to an aromatic ring is 2. The quantitative estimate of drug-likeness (QED) is 0.536. The molecule has 0 saturated heterocycles. The van der Waals surface area contributed by atoms with Crippen LogP contribution in [0.5, 0.6) is 0 Å². The van der Waals surface area contributed by atoms with E-state index in [2.05, 4.69) is 5.10 Å². The fourth-order valence-electron chi connectivity index (χ4n) is 0.857. The summed E-state index contributed by atoms with van der Waals surface area (Å²) in [6.45, 7) is -0.405. The van der Waals surface area contributed by atoms with E-state index in [1.807, 2.05) is 0 Å². The van der Waals surface area contributed by atoms with Gasteiger partial charge in [0.15, 0.2) is 5.82 Å². The molecule has 0 amide bonds. The van der Waals surface area contributed by atoms with Crippen LogP contribution in [-0.4, -0.2) is 20.9 Å². The second-order valence-electron chi connectivity index (χ2n) is 2.31. The van der Waals surface area contributed by atoms with E-state index in [1.54, 1.807) is 6.07 Å². The molecule has 1 rings (SSSR count). The van der Waals surface area contributed by atoms with Gasteiger partial charge < -0.3 is 16.6 Å². The standard InChI is InChI=1S/C6H7N5O2/c7-1-3-5(8)10-11(6(3)9)2-4(12)13/h2,9H2,(H2,8,10)(H,12,13). The first-order valence-corrected chi connectivity index (χ1v) is 3.30. The lowest BCUT2D eigenvalue weighted by atomic mass is 10.3. The van der Waals surface area contributed by atoms with Crippen molar-refractivity contribution in [2.45, 2.75) is 6.54 Å². The number of nitriles is 1. The lowest BCUT2D eigenvalue weighted by Crippen LogP contribution is -2.12. The van der Waals surface area contributed by atoms with Crippen molar-refractivity contribution in [3.05, 3.63) is 5.56 Å². The molecule has 68 valence electrons. The normalized spacial score (nSPS) is 9.46. The van der Waals surface area contributed by atoms with Gasteiger partial charge in [0.2, 0.25) is 0 Å². The second kappa shape index (κ2) is 3.02. The number of rotatable bonds is 2. The van der Waals surface area contributed by atoms with Crippen molar-refractivity contribution in [2.75, 3.05) is 11.5 Å². The molecule has 0 aliphatic heterocycles. The van der Waals surface area contributed by atoms with Crippen LogP contribution in [0.3, 0.4) is 0 Å². The summed E-state index contributed by atoms with van der Waals surface area (Å²) in [6.07, 6.45) is 0. The highest BCUT2D eigenvalue weighted by Crippen LogP contribution is 2.16. The third kappa shape index (κ3) is 1.51. The monoisotopic (exact) mass is 181 g/mol. The number of aliphatic carboxylic acids is 1. The van der Waals surface area contributed by atoms with Gasteiger partial charge in [-0.1, -0.05) is 0 Å². The number of hydrogen-bond acceptors (Lipinski definition) is 5. The van der Waals surface area contributed by atoms with E-state index in [0.29, 0.717) is 0 Å². The molecule has 0 unspecified atom stereocenters. The van der Waals surface area contributed by atoms with Gasteiger partial charge in [-0.3, -0.25) is 4.79 Å². The fourth-order valence-corrected chi connectivity index (χ4v) is 0.857. The summed E-state index contributed by atoms with van der Waals surface area (Å²) in [5, 5.41) is 20.5. The van der Waals surface area contributed by atoms with Gasteiger partial charge in [-0.05, 0) is 0 Å². The summed E-state index contributed by atoms with van der Waals surface area (Å²) in [6, 6.07) is 1.73. The third-order valence-corrected chi connectivity index (χ3v) is 1.42. The Morgan fingerprint density at radius 3 is 2.69 bits per heavy atom. The summed E-state index contributed by atoms with van der Waals surface area (Å²) in [4.78, 5) is 10.3. The Balaban J connectivity index is 3.12. The van der Waals surface area contributed by atoms with Gasteiger partial charge in [0.25, 0.3) is 0 Å². The zero-order chi connectivity index (χ0) is 10.0. The lowest BCUT2D eigenvalue weighted by molar-refractivity contribution is -0.137. The van der Waals surface area contributed by atoms with Crippen LogP contribution in [0.25, 0.3) is 0 Å². The Kier molecular flexibility index (Phi) is 2.06. The van der Waals surface area contributed by atoms with E-state index >= 15 is 0 Å². The Labute approximate surface area is 73.2 Å². The van der Waals surface area contributed by atoms with E-state index in [1.165, 1.54) is 0 Å². The smallest absolute Gasteiger partial charge is 0.325 e. The Morgan fingerprint density at radius 2 is 2.31 bits per heavy atom. The highest BCUT2D eigenvalue weighted by molar-refractivity contribution is 5.69. The van der Waals surface area contributed by atoms with E-state index in [9.17, 15) is 4.79 Å². The zero-order valence-electron chi connectivity index (χ0n) is 6.56. The summed E-state index contributed by atoms with van der Waals surface area (Å²) < 4.78 is 0.968. The van der Waals surface area contributed by atoms with Crippen LogP contribution in [-0.2, 0) is 11.3 Å². The molecule has 7 heteroatoms. The number of anilines is 2. The Bertz CT molecular complexity index is 388. The molecule has 1 heterocycles. The van der Waals surface area contributed by atoms with Crippen molar-refractivity contribution in [1.82, 2.24) is 9.78 Å². The number of carboxylic acids is 1. The molecule has 0 atom stereocenters. The number of aromatic nitrogens is 2. The van der Waals surface area contributed by atoms with E-state index in [4.69, 9.17) is 21.8 Å². The second-order valence-corrected chi connectivity index (χ2v) is 2.31. The summed E-state index contributed by atoms with van der Waals surface area (Å²) >= 11 is 0. The van der Waals surface area contributed by atoms with Crippen molar-refractivity contribution in [3.63, 3.8) is 0 Å². The predicted molar refractivity (Wildman–Crippen MR) is 43.4 cm³/mol. The van der Waals surface area contributed by atoms with Gasteiger partial charge in [-0.25, -0.2) is 4.68 Å². The maximum atomic E-state index is 10.3. The molecule has 1 aromatic heterocycles. The summed E-state index contributed by atoms with van der Waals surface area (Å²) in [5.74, 6) is -1.18. The molecule has 5 N–H and O–H groups in total. The lowest BCUT2D eigenvalue weighted by Gasteiger charge is -1.97. The molecule has 0 radical (unpaired) electrons. The molecule has 0 aromatic carbocycles. The number of carbonyl (C=O) groups is 1. The van der Waals surface area contributed by atoms with Crippen molar-refractivity contribution < 1.29 is 9.90 Å². The first-order chi connectivity index (χ1) is 6.06. The number of hydrogen-bond donors (Lipinski definition) is 3. The molecular formula is C6H7N5O2. The molecular weight excluding hydrogens is 174 g/mol. The molecule has 1 aromatic rings. The minimum Gasteiger partial charge on any atom is -0.480 e. The maximum Gasteiger partial charge on any atom is 0.325 e. The van der Waals surface area contributed by atoms with E-state index in [-0.39, 0.29) is 17.2 Å². The Morgan fingerprint density at radius 1 is 1.69 bits per heavy atom. The average Bonchev–Trinajstić information content (AvgIpc) is 2.26. The molecule has 13 heavy (non-hydrogen) atoms. The number of nitrogens with zero attached hydrogens (tertiary/aromatic N) is 3. The van der Waals surface area contributed by atoms with E-state index in [0.717, 1.165) is 4.68 Å². The summed E-state index contributed by atoms with van der Waals surface area (Å²) in [7, 11) is 0. The Hall–Kier alpha value is -2.23. The molecule has 0 spiro atoms. The van der Waals surface area contributed by atoms with Crippen LogP contribution in [0.2, 0.25) is 0 Å². The third-order valence-electron chi connectivity index (χ3n) is 1.42. The SMILES string of the molecule is N#Cc1c(N)nn(CC(=O)O)c1N. The van der Waals surface area contributed by atoms with Crippen LogP contribution >= 0.6 is 0 Å². The molecule has 0 aliphatic carbocycles. The van der Waals surface area contributed by atoms with Crippen molar-refractivity contribution in [2.24, 2.45) is 0 Å². The van der Waals surface area contributed by atoms with Crippen LogP contribution in [0.4, 0.5) is 11.6 Å². The largest absolute Gasteiger partial charge is 0.480 e. The first-order valence-electron chi connectivity index (χ1n) is 3.30. The first kappa shape index (κ1) is 8.86. The van der Waals surface area contributed by atoms with Crippen molar-refractivity contribution in [1.29, 1.82) is 5.26 Å². The van der Waals surface area contributed by atoms with Gasteiger partial charge in [-0.15, -0.1) is 0 Å². The highest BCUT2D eigenvalue weighted by Gasteiger charge is 2.13. The fraction of sp³-hybridized carbons (Fsp3) is 0.167. The average molecular weight is 181 g/mol. The molecule has 0 saturated carbocycles. The highest BCUT2D eigenvalue weighted by atomic mass is 16.4. The van der Waals surface area contributed by atoms with Gasteiger partial charge >= 0.3 is 5.97 Å². The molecule has 0 aliphatic rings.